The van der Waals surface area contributed by atoms with Gasteiger partial charge in [0.15, 0.2) is 0 Å². The van der Waals surface area contributed by atoms with Crippen LogP contribution < -0.4 is 0 Å². The Labute approximate surface area is 563 Å². The summed E-state index contributed by atoms with van der Waals surface area (Å²) in [6.07, 6.45) is -57.3. The molecule has 36 atom stereocenters. The first-order chi connectivity index (χ1) is 47.1. The molecule has 36 unspecified atom stereocenters. The molecule has 0 aromatic heterocycles. The molecule has 0 aliphatic carbocycles. The van der Waals surface area contributed by atoms with Gasteiger partial charge in [0.1, 0.15) is 224 Å². The predicted molar refractivity (Wildman–Crippen MR) is 297 cm³/mol. The van der Waals surface area contributed by atoms with E-state index in [2.05, 4.69) is 0 Å². The first kappa shape index (κ1) is 82.2. The number of hydrogen-bond acceptors (Lipinski definition) is 46. The molecule has 0 aromatic rings. The molecular formula is C54H92O46. The lowest BCUT2D eigenvalue weighted by Crippen LogP contribution is -2.61. The van der Waals surface area contributed by atoms with Gasteiger partial charge >= 0.3 is 0 Å². The SMILES string of the molecule is OCC1OC(O)(COC2(COC3(COC4(COC5(COC6(COC7(COC8(COC9(CO)OC(CO)C(O)C9O)OC(CO)C(O)C8O)OC(CO)C(O)C7O)OC(CO)C(O)C6O)OC(CO)C(O)C5O)OC(CO)C(O)C4O)OC(CO)C(O)C3O)OC(CO)C(O)C2O)C(O)C1O. The zero-order valence-electron chi connectivity index (χ0n) is 52.7. The topological polar surface area (TPSA) is 744 Å². The second kappa shape index (κ2) is 31.8. The summed E-state index contributed by atoms with van der Waals surface area (Å²) in [6.45, 7) is -22.8. The molecular weight excluding hydrogens is 1380 g/mol. The van der Waals surface area contributed by atoms with E-state index in [1.165, 1.54) is 0 Å². The molecule has 0 bridgehead atoms. The Balaban J connectivity index is 1.02. The van der Waals surface area contributed by atoms with Gasteiger partial charge in [0, 0.05) is 0 Å². The van der Waals surface area contributed by atoms with Gasteiger partial charge in [-0.05, 0) is 0 Å². The molecule has 100 heavy (non-hydrogen) atoms. The molecule has 29 N–H and O–H groups in total. The highest BCUT2D eigenvalue weighted by molar-refractivity contribution is 5.08. The van der Waals surface area contributed by atoms with Crippen molar-refractivity contribution in [2.75, 3.05) is 119 Å². The molecule has 46 heteroatoms. The third-order valence-electron chi connectivity index (χ3n) is 19.6. The highest BCUT2D eigenvalue weighted by atomic mass is 16.9. The summed E-state index contributed by atoms with van der Waals surface area (Å²) >= 11 is 0. The maximum absolute atomic E-state index is 11.9. The number of aliphatic hydroxyl groups is 29. The fourth-order valence-corrected chi connectivity index (χ4v) is 13.2. The molecule has 0 radical (unpaired) electrons. The lowest BCUT2D eigenvalue weighted by atomic mass is 10.0. The summed E-state index contributed by atoms with van der Waals surface area (Å²) in [5.74, 6) is -26.9. The first-order valence-corrected chi connectivity index (χ1v) is 31.4. The minimum atomic E-state index is -3.15. The fraction of sp³-hybridized carbons (Fsp3) is 1.00. The predicted octanol–water partition coefficient (Wildman–Crippen LogP) is -20.6. The van der Waals surface area contributed by atoms with Gasteiger partial charge in [-0.3, -0.25) is 0 Å². The van der Waals surface area contributed by atoms with Gasteiger partial charge in [-0.1, -0.05) is 0 Å². The van der Waals surface area contributed by atoms with Crippen molar-refractivity contribution < 1.29 is 229 Å². The van der Waals surface area contributed by atoms with Crippen molar-refractivity contribution in [1.82, 2.24) is 0 Å². The van der Waals surface area contributed by atoms with Crippen LogP contribution in [0.25, 0.3) is 0 Å². The van der Waals surface area contributed by atoms with Gasteiger partial charge in [-0.25, -0.2) is 0 Å². The molecule has 46 nitrogen and oxygen atoms in total. The van der Waals surface area contributed by atoms with E-state index in [1.54, 1.807) is 0 Å². The zero-order chi connectivity index (χ0) is 73.8. The summed E-state index contributed by atoms with van der Waals surface area (Å²) in [6, 6.07) is 0. The van der Waals surface area contributed by atoms with Gasteiger partial charge < -0.3 is 229 Å². The van der Waals surface area contributed by atoms with Crippen LogP contribution in [0.5, 0.6) is 0 Å². The summed E-state index contributed by atoms with van der Waals surface area (Å²) in [5, 5.41) is 316. The van der Waals surface area contributed by atoms with Crippen molar-refractivity contribution in [3.05, 3.63) is 0 Å². The van der Waals surface area contributed by atoms with Gasteiger partial charge in [0.2, 0.25) is 52.1 Å². The maximum atomic E-state index is 11.9. The molecule has 0 amide bonds. The Morgan fingerprint density at radius 2 is 0.330 bits per heavy atom. The molecule has 0 spiro atoms. The molecule has 9 rings (SSSR count). The lowest BCUT2D eigenvalue weighted by molar-refractivity contribution is -0.394. The average molecular weight is 1480 g/mol. The van der Waals surface area contributed by atoms with Crippen molar-refractivity contribution in [2.24, 2.45) is 0 Å². The Morgan fingerprint density at radius 3 is 0.490 bits per heavy atom. The standard InChI is InChI=1S/C54H92O46/c55-1-19-28(65)37(74)46(83,92-19)11-84-48(39(76)30(67)21(3-57)94-48)13-86-50(41(78)32(69)23(5-59)96-50)15-88-52(43(80)34(71)25(7-61)98-52)17-90-54(45(82)36(73)27(9-63)100-54)18-91-53(44(81)35(72)26(8-62)99-53)16-89-51(42(79)33(70)24(6-60)97-51)14-87-49(40(77)31(68)22(4-58)95-49)12-85-47(10-64)38(75)29(66)20(2-56)93-47/h19-45,55-83H,1-18H2. The van der Waals surface area contributed by atoms with Crippen molar-refractivity contribution in [3.8, 4) is 0 Å². The van der Waals surface area contributed by atoms with E-state index < -0.39 is 336 Å². The molecule has 9 aliphatic rings. The van der Waals surface area contributed by atoms with Crippen LogP contribution in [-0.4, -0.2) is 484 Å². The van der Waals surface area contributed by atoms with Gasteiger partial charge in [-0.2, -0.15) is 0 Å². The normalized spacial score (nSPS) is 52.6. The van der Waals surface area contributed by atoms with E-state index in [9.17, 15) is 148 Å². The fourth-order valence-electron chi connectivity index (χ4n) is 13.2. The van der Waals surface area contributed by atoms with Crippen LogP contribution >= 0.6 is 0 Å². The monoisotopic (exact) mass is 1480 g/mol. The molecule has 0 saturated carbocycles. The van der Waals surface area contributed by atoms with Gasteiger partial charge in [-0.15, -0.1) is 0 Å². The maximum Gasteiger partial charge on any atom is 0.222 e. The Bertz CT molecular complexity index is 2620. The van der Waals surface area contributed by atoms with Crippen LogP contribution in [-0.2, 0) is 80.5 Å². The highest BCUT2D eigenvalue weighted by Crippen LogP contribution is 2.47. The second-order valence-corrected chi connectivity index (χ2v) is 25.8. The first-order valence-electron chi connectivity index (χ1n) is 31.4. The van der Waals surface area contributed by atoms with Gasteiger partial charge in [0.25, 0.3) is 0 Å². The molecule has 0 aromatic carbocycles. The molecule has 584 valence electrons. The van der Waals surface area contributed by atoms with Crippen LogP contribution in [0.4, 0.5) is 0 Å². The average Bonchev–Trinajstić information content (AvgIpc) is 1.59. The molecule has 9 fully saturated rings. The van der Waals surface area contributed by atoms with Crippen LogP contribution in [0.3, 0.4) is 0 Å². The van der Waals surface area contributed by atoms with Gasteiger partial charge in [0.05, 0.1) is 59.5 Å². The summed E-state index contributed by atoms with van der Waals surface area (Å²) in [5.41, 5.74) is 0. The van der Waals surface area contributed by atoms with E-state index in [1.807, 2.05) is 0 Å². The summed E-state index contributed by atoms with van der Waals surface area (Å²) in [7, 11) is 0. The Kier molecular flexibility index (Phi) is 26.1. The lowest BCUT2D eigenvalue weighted by Gasteiger charge is -2.43. The molecule has 9 heterocycles. The van der Waals surface area contributed by atoms with E-state index in [-0.39, 0.29) is 0 Å². The molecule has 9 aliphatic heterocycles. The number of aliphatic hydroxyl groups excluding tert-OH is 28. The molecule has 9 saturated heterocycles. The van der Waals surface area contributed by atoms with Crippen molar-refractivity contribution in [1.29, 1.82) is 0 Å². The Morgan fingerprint density at radius 1 is 0.190 bits per heavy atom. The number of ether oxygens (including phenoxy) is 17. The number of rotatable bonds is 34. The minimum absolute atomic E-state index is 0.949. The van der Waals surface area contributed by atoms with E-state index >= 15 is 0 Å². The zero-order valence-corrected chi connectivity index (χ0v) is 52.7. The Hall–Kier alpha value is -1.84. The summed E-state index contributed by atoms with van der Waals surface area (Å²) in [4.78, 5) is 0. The summed E-state index contributed by atoms with van der Waals surface area (Å²) < 4.78 is 98.7. The minimum Gasteiger partial charge on any atom is -0.394 e. The smallest absolute Gasteiger partial charge is 0.222 e. The highest BCUT2D eigenvalue weighted by Gasteiger charge is 2.69. The van der Waals surface area contributed by atoms with Crippen molar-refractivity contribution in [2.45, 2.75) is 217 Å². The largest absolute Gasteiger partial charge is 0.394 e. The van der Waals surface area contributed by atoms with E-state index in [0.717, 1.165) is 0 Å². The van der Waals surface area contributed by atoms with E-state index in [4.69, 9.17) is 80.5 Å². The van der Waals surface area contributed by atoms with Crippen molar-refractivity contribution in [3.63, 3.8) is 0 Å². The third kappa shape index (κ3) is 14.4. The van der Waals surface area contributed by atoms with Crippen LogP contribution in [0.15, 0.2) is 0 Å². The van der Waals surface area contributed by atoms with Crippen LogP contribution in [0.1, 0.15) is 0 Å². The van der Waals surface area contributed by atoms with Crippen LogP contribution in [0.2, 0.25) is 0 Å². The quantitative estimate of drug-likeness (QED) is 0.0284. The van der Waals surface area contributed by atoms with E-state index in [0.29, 0.717) is 0 Å². The second-order valence-electron chi connectivity index (χ2n) is 25.8. The number of hydrogen-bond donors (Lipinski definition) is 29. The van der Waals surface area contributed by atoms with Crippen molar-refractivity contribution >= 4 is 0 Å². The van der Waals surface area contributed by atoms with Crippen LogP contribution in [0, 0.1) is 0 Å². The third-order valence-corrected chi connectivity index (χ3v) is 19.6.